The van der Waals surface area contributed by atoms with Gasteiger partial charge in [-0.2, -0.15) is 0 Å². The van der Waals surface area contributed by atoms with Crippen LogP contribution >= 0.6 is 11.8 Å². The lowest BCUT2D eigenvalue weighted by Gasteiger charge is -2.37. The molecule has 0 aromatic heterocycles. The Morgan fingerprint density at radius 1 is 0.840 bits per heavy atom. The molecular weight excluding hydrogens is 360 g/mol. The van der Waals surface area contributed by atoms with Gasteiger partial charge in [0.15, 0.2) is 18.3 Å². The second kappa shape index (κ2) is 10.9. The molecule has 0 saturated carbocycles. The van der Waals surface area contributed by atoms with Gasteiger partial charge < -0.3 is 33.5 Å². The van der Waals surface area contributed by atoms with Crippen LogP contribution < -0.4 is 0 Å². The standard InChI is InChI=1S/C14H22O10S/c1-4-19-12(16)22-8-7-25-11(15)10(24-14(18)21-6-3)9(8)23-13(17)20-5-2/h8-11,15H,4-7H2,1-3H3/t8-,9+,10-,11-/m1/s1. The van der Waals surface area contributed by atoms with Crippen LogP contribution in [0.3, 0.4) is 0 Å². The van der Waals surface area contributed by atoms with E-state index in [0.717, 1.165) is 11.8 Å². The SMILES string of the molecule is CCOC(=O)O[C@@H]1[C@@H](OC(=O)OCC)[C@H](OC(=O)OCC)CS[C@H]1O. The number of thioether (sulfide) groups is 1. The molecule has 0 radical (unpaired) electrons. The summed E-state index contributed by atoms with van der Waals surface area (Å²) >= 11 is 0.956. The maximum Gasteiger partial charge on any atom is 0.508 e. The van der Waals surface area contributed by atoms with Crippen LogP contribution in [0.5, 0.6) is 0 Å². The molecule has 0 aliphatic carbocycles. The molecule has 0 amide bonds. The second-order valence-corrected chi connectivity index (χ2v) is 5.74. The number of carbonyl (C=O) groups excluding carboxylic acids is 3. The van der Waals surface area contributed by atoms with E-state index in [9.17, 15) is 19.5 Å². The van der Waals surface area contributed by atoms with Gasteiger partial charge >= 0.3 is 18.5 Å². The van der Waals surface area contributed by atoms with E-state index in [1.54, 1.807) is 20.8 Å². The highest BCUT2D eigenvalue weighted by atomic mass is 32.2. The fraction of sp³-hybridized carbons (Fsp3) is 0.786. The minimum absolute atomic E-state index is 0.0512. The van der Waals surface area contributed by atoms with E-state index in [0.29, 0.717) is 0 Å². The minimum Gasteiger partial charge on any atom is -0.435 e. The van der Waals surface area contributed by atoms with Crippen LogP contribution in [0.4, 0.5) is 14.4 Å². The first-order chi connectivity index (χ1) is 11.9. The summed E-state index contributed by atoms with van der Waals surface area (Å²) in [4.78, 5) is 34.8. The zero-order valence-corrected chi connectivity index (χ0v) is 15.0. The highest BCUT2D eigenvalue weighted by Crippen LogP contribution is 2.31. The molecule has 1 aliphatic heterocycles. The first-order valence-corrected chi connectivity index (χ1v) is 8.77. The first kappa shape index (κ1) is 21.2. The van der Waals surface area contributed by atoms with Crippen molar-refractivity contribution in [3.63, 3.8) is 0 Å². The summed E-state index contributed by atoms with van der Waals surface area (Å²) in [6, 6.07) is 0. The largest absolute Gasteiger partial charge is 0.508 e. The van der Waals surface area contributed by atoms with Crippen LogP contribution in [-0.4, -0.2) is 72.9 Å². The van der Waals surface area contributed by atoms with Crippen molar-refractivity contribution in [2.75, 3.05) is 25.6 Å². The molecule has 0 aromatic carbocycles. The molecule has 144 valence electrons. The van der Waals surface area contributed by atoms with Crippen molar-refractivity contribution in [3.05, 3.63) is 0 Å². The Morgan fingerprint density at radius 3 is 1.76 bits per heavy atom. The smallest absolute Gasteiger partial charge is 0.435 e. The Labute approximate surface area is 149 Å². The Hall–Kier alpha value is -1.88. The summed E-state index contributed by atoms with van der Waals surface area (Å²) in [5, 5.41) is 10.1. The van der Waals surface area contributed by atoms with Gasteiger partial charge in [-0.15, -0.1) is 11.8 Å². The van der Waals surface area contributed by atoms with Gasteiger partial charge in [0.1, 0.15) is 5.44 Å². The minimum atomic E-state index is -1.32. The third-order valence-electron chi connectivity index (χ3n) is 2.90. The molecule has 1 saturated heterocycles. The number of ether oxygens (including phenoxy) is 6. The van der Waals surface area contributed by atoms with Crippen LogP contribution in [0.1, 0.15) is 20.8 Å². The van der Waals surface area contributed by atoms with E-state index in [1.807, 2.05) is 0 Å². The Kier molecular flexibility index (Phi) is 9.21. The van der Waals surface area contributed by atoms with Crippen LogP contribution in [-0.2, 0) is 28.4 Å². The Balaban J connectivity index is 2.91. The molecule has 1 heterocycles. The van der Waals surface area contributed by atoms with E-state index in [2.05, 4.69) is 9.47 Å². The molecule has 4 atom stereocenters. The van der Waals surface area contributed by atoms with Crippen LogP contribution in [0, 0.1) is 0 Å². The zero-order valence-electron chi connectivity index (χ0n) is 14.2. The quantitative estimate of drug-likeness (QED) is 0.532. The first-order valence-electron chi connectivity index (χ1n) is 7.72. The molecule has 0 bridgehead atoms. The van der Waals surface area contributed by atoms with Crippen molar-refractivity contribution in [2.45, 2.75) is 44.5 Å². The predicted octanol–water partition coefficient (Wildman–Crippen LogP) is 1.68. The second-order valence-electron chi connectivity index (χ2n) is 4.59. The van der Waals surface area contributed by atoms with Gasteiger partial charge in [0, 0.05) is 5.75 Å². The molecule has 11 heteroatoms. The van der Waals surface area contributed by atoms with Gasteiger partial charge in [0.05, 0.1) is 19.8 Å². The molecule has 1 N–H and O–H groups in total. The molecule has 0 spiro atoms. The van der Waals surface area contributed by atoms with Crippen LogP contribution in [0.15, 0.2) is 0 Å². The maximum absolute atomic E-state index is 11.7. The van der Waals surface area contributed by atoms with Crippen molar-refractivity contribution in [2.24, 2.45) is 0 Å². The monoisotopic (exact) mass is 382 g/mol. The highest BCUT2D eigenvalue weighted by molar-refractivity contribution is 7.99. The number of rotatable bonds is 6. The zero-order chi connectivity index (χ0) is 18.8. The molecule has 1 rings (SSSR count). The van der Waals surface area contributed by atoms with Crippen molar-refractivity contribution in [1.29, 1.82) is 0 Å². The number of hydrogen-bond acceptors (Lipinski definition) is 11. The lowest BCUT2D eigenvalue weighted by atomic mass is 10.1. The average molecular weight is 382 g/mol. The van der Waals surface area contributed by atoms with Gasteiger partial charge in [0.2, 0.25) is 0 Å². The van der Waals surface area contributed by atoms with Gasteiger partial charge in [0.25, 0.3) is 0 Å². The maximum atomic E-state index is 11.7. The van der Waals surface area contributed by atoms with Crippen molar-refractivity contribution >= 4 is 30.2 Å². The fourth-order valence-electron chi connectivity index (χ4n) is 1.93. The third kappa shape index (κ3) is 6.86. The summed E-state index contributed by atoms with van der Waals surface area (Å²) in [5.41, 5.74) is -1.22. The summed E-state index contributed by atoms with van der Waals surface area (Å²) in [6.45, 7) is 4.95. The summed E-state index contributed by atoms with van der Waals surface area (Å²) in [6.07, 6.45) is -6.71. The van der Waals surface area contributed by atoms with Gasteiger partial charge in [-0.1, -0.05) is 0 Å². The van der Waals surface area contributed by atoms with E-state index in [-0.39, 0.29) is 25.6 Å². The topological polar surface area (TPSA) is 127 Å². The van der Waals surface area contributed by atoms with E-state index < -0.39 is 42.2 Å². The van der Waals surface area contributed by atoms with Gasteiger partial charge in [-0.25, -0.2) is 14.4 Å². The van der Waals surface area contributed by atoms with Crippen LogP contribution in [0.25, 0.3) is 0 Å². The van der Waals surface area contributed by atoms with Gasteiger partial charge in [-0.3, -0.25) is 0 Å². The summed E-state index contributed by atoms with van der Waals surface area (Å²) in [7, 11) is 0. The number of aliphatic hydroxyl groups excluding tert-OH is 1. The number of carbonyl (C=O) groups is 3. The number of hydrogen-bond donors (Lipinski definition) is 1. The van der Waals surface area contributed by atoms with Gasteiger partial charge in [-0.05, 0) is 20.8 Å². The van der Waals surface area contributed by atoms with E-state index in [4.69, 9.17) is 18.9 Å². The molecule has 1 fully saturated rings. The molecule has 1 aliphatic rings. The number of aliphatic hydroxyl groups is 1. The fourth-order valence-corrected chi connectivity index (χ4v) is 2.97. The summed E-state index contributed by atoms with van der Waals surface area (Å²) in [5.74, 6) is 0.0900. The molecular formula is C14H22O10S. The van der Waals surface area contributed by atoms with Crippen LogP contribution in [0.2, 0.25) is 0 Å². The third-order valence-corrected chi connectivity index (χ3v) is 4.03. The molecule has 0 aromatic rings. The van der Waals surface area contributed by atoms with Crippen molar-refractivity contribution < 1.29 is 47.9 Å². The van der Waals surface area contributed by atoms with E-state index in [1.165, 1.54) is 0 Å². The normalized spacial score (nSPS) is 25.4. The molecule has 10 nitrogen and oxygen atoms in total. The average Bonchev–Trinajstić information content (AvgIpc) is 2.54. The lowest BCUT2D eigenvalue weighted by molar-refractivity contribution is -0.123. The Morgan fingerprint density at radius 2 is 1.28 bits per heavy atom. The highest BCUT2D eigenvalue weighted by Gasteiger charge is 2.47. The lowest BCUT2D eigenvalue weighted by Crippen LogP contribution is -2.54. The Bertz CT molecular complexity index is 457. The molecule has 25 heavy (non-hydrogen) atoms. The van der Waals surface area contributed by atoms with Crippen molar-refractivity contribution in [1.82, 2.24) is 0 Å². The van der Waals surface area contributed by atoms with E-state index >= 15 is 0 Å². The molecule has 0 unspecified atom stereocenters. The van der Waals surface area contributed by atoms with Crippen molar-refractivity contribution in [3.8, 4) is 0 Å². The predicted molar refractivity (Wildman–Crippen MR) is 84.1 cm³/mol. The summed E-state index contributed by atoms with van der Waals surface area (Å²) < 4.78 is 29.2.